The molecule has 9 heteroatoms. The van der Waals surface area contributed by atoms with E-state index < -0.39 is 6.10 Å². The minimum Gasteiger partial charge on any atom is -0.394 e. The number of allylic oxidation sites excluding steroid dienone is 2. The molecule has 0 saturated heterocycles. The van der Waals surface area contributed by atoms with Gasteiger partial charge in [-0.3, -0.25) is 10.2 Å². The van der Waals surface area contributed by atoms with Gasteiger partial charge in [0, 0.05) is 69.1 Å². The molecular weight excluding hydrogens is 449 g/mol. The first-order chi connectivity index (χ1) is 16.8. The molecule has 1 amide bonds. The van der Waals surface area contributed by atoms with Crippen molar-refractivity contribution >= 4 is 23.3 Å². The fourth-order valence-electron chi connectivity index (χ4n) is 5.06. The molecule has 3 aliphatic heterocycles. The van der Waals surface area contributed by atoms with E-state index in [1.165, 1.54) is 11.0 Å². The second kappa shape index (κ2) is 9.41. The van der Waals surface area contributed by atoms with Gasteiger partial charge in [-0.2, -0.15) is 5.10 Å². The Balaban J connectivity index is 1.38. The number of carbonyl (C=O) groups is 1. The molecule has 35 heavy (non-hydrogen) atoms. The molecule has 1 aromatic carbocycles. The third kappa shape index (κ3) is 4.54. The largest absolute Gasteiger partial charge is 0.394 e. The highest BCUT2D eigenvalue weighted by Crippen LogP contribution is 2.39. The second-order valence-electron chi connectivity index (χ2n) is 9.53. The minimum absolute atomic E-state index is 0.0123. The van der Waals surface area contributed by atoms with Gasteiger partial charge in [-0.25, -0.2) is 4.39 Å². The average molecular weight is 480 g/mol. The SMILES string of the molecule is CN1C=C2C(=C(C3=CCC(CC(=O)N(C)CC(O)CO)NC3)C1)NN=C1C=Cc3cc(F)cc2c31. The van der Waals surface area contributed by atoms with Crippen molar-refractivity contribution in [2.75, 3.05) is 40.3 Å². The molecule has 0 fully saturated rings. The fraction of sp³-hybridized carbons (Fsp3) is 0.385. The number of fused-ring (bicyclic) bond motifs is 2. The van der Waals surface area contributed by atoms with Crippen LogP contribution in [-0.4, -0.2) is 84.1 Å². The van der Waals surface area contributed by atoms with Crippen molar-refractivity contribution < 1.29 is 19.4 Å². The number of nitrogens with zero attached hydrogens (tertiary/aromatic N) is 3. The number of aliphatic hydroxyl groups is 2. The van der Waals surface area contributed by atoms with E-state index in [0.717, 1.165) is 44.8 Å². The van der Waals surface area contributed by atoms with Gasteiger partial charge < -0.3 is 25.3 Å². The summed E-state index contributed by atoms with van der Waals surface area (Å²) in [5, 5.41) is 26.7. The molecule has 5 rings (SSSR count). The van der Waals surface area contributed by atoms with Crippen molar-refractivity contribution in [3.8, 4) is 0 Å². The maximum Gasteiger partial charge on any atom is 0.223 e. The Labute approximate surface area is 203 Å². The van der Waals surface area contributed by atoms with Crippen LogP contribution in [0.25, 0.3) is 11.6 Å². The molecule has 3 heterocycles. The van der Waals surface area contributed by atoms with Crippen LogP contribution in [0.15, 0.2) is 52.4 Å². The van der Waals surface area contributed by atoms with Gasteiger partial charge in [0.05, 0.1) is 24.1 Å². The van der Waals surface area contributed by atoms with Gasteiger partial charge in [-0.15, -0.1) is 0 Å². The number of carbonyl (C=O) groups excluding carboxylic acids is 1. The summed E-state index contributed by atoms with van der Waals surface area (Å²) in [7, 11) is 3.63. The molecule has 8 nitrogen and oxygen atoms in total. The lowest BCUT2D eigenvalue weighted by Gasteiger charge is -2.32. The van der Waals surface area contributed by atoms with Crippen LogP contribution >= 0.6 is 0 Å². The molecule has 0 radical (unpaired) electrons. The molecule has 4 N–H and O–H groups in total. The van der Waals surface area contributed by atoms with E-state index >= 15 is 0 Å². The molecule has 0 aromatic heterocycles. The first kappa shape index (κ1) is 23.5. The number of amides is 1. The molecule has 1 aliphatic carbocycles. The summed E-state index contributed by atoms with van der Waals surface area (Å²) in [5.74, 6) is -0.357. The molecule has 2 atom stereocenters. The third-order valence-electron chi connectivity index (χ3n) is 6.88. The summed E-state index contributed by atoms with van der Waals surface area (Å²) < 4.78 is 14.5. The Morgan fingerprint density at radius 2 is 2.20 bits per heavy atom. The van der Waals surface area contributed by atoms with Gasteiger partial charge in [0.15, 0.2) is 0 Å². The van der Waals surface area contributed by atoms with E-state index in [1.54, 1.807) is 13.1 Å². The normalized spacial score (nSPS) is 21.3. The number of halogens is 1. The topological polar surface area (TPSA) is 100 Å². The van der Waals surface area contributed by atoms with Crippen LogP contribution in [0, 0.1) is 5.82 Å². The van der Waals surface area contributed by atoms with E-state index in [-0.39, 0.29) is 30.9 Å². The Morgan fingerprint density at radius 1 is 1.37 bits per heavy atom. The summed E-state index contributed by atoms with van der Waals surface area (Å²) in [4.78, 5) is 16.1. The predicted molar refractivity (Wildman–Crippen MR) is 133 cm³/mol. The van der Waals surface area contributed by atoms with Crippen molar-refractivity contribution in [2.24, 2.45) is 5.10 Å². The van der Waals surface area contributed by atoms with Crippen LogP contribution in [0.3, 0.4) is 0 Å². The van der Waals surface area contributed by atoms with Crippen LogP contribution in [-0.2, 0) is 4.79 Å². The monoisotopic (exact) mass is 479 g/mol. The van der Waals surface area contributed by atoms with Crippen molar-refractivity contribution in [1.29, 1.82) is 0 Å². The number of benzene rings is 1. The molecule has 0 saturated carbocycles. The zero-order valence-corrected chi connectivity index (χ0v) is 19.9. The average Bonchev–Trinajstić information content (AvgIpc) is 3.17. The molecule has 0 spiro atoms. The van der Waals surface area contributed by atoms with Crippen molar-refractivity contribution in [3.63, 3.8) is 0 Å². The van der Waals surface area contributed by atoms with Crippen molar-refractivity contribution in [2.45, 2.75) is 25.0 Å². The van der Waals surface area contributed by atoms with Gasteiger partial charge in [0.1, 0.15) is 5.82 Å². The predicted octanol–water partition coefficient (Wildman–Crippen LogP) is 1.19. The maximum atomic E-state index is 14.5. The maximum absolute atomic E-state index is 14.5. The van der Waals surface area contributed by atoms with E-state index in [2.05, 4.69) is 26.8 Å². The summed E-state index contributed by atoms with van der Waals surface area (Å²) in [6.07, 6.45) is 8.05. The zero-order valence-electron chi connectivity index (χ0n) is 19.9. The van der Waals surface area contributed by atoms with E-state index in [1.807, 2.05) is 25.4 Å². The Kier molecular flexibility index (Phi) is 6.31. The number of hydrogen-bond acceptors (Lipinski definition) is 7. The van der Waals surface area contributed by atoms with Crippen molar-refractivity contribution in [3.05, 3.63) is 69.8 Å². The smallest absolute Gasteiger partial charge is 0.223 e. The van der Waals surface area contributed by atoms with Gasteiger partial charge >= 0.3 is 0 Å². The highest BCUT2D eigenvalue weighted by molar-refractivity contribution is 6.20. The molecule has 4 aliphatic rings. The van der Waals surface area contributed by atoms with Gasteiger partial charge in [-0.1, -0.05) is 12.2 Å². The first-order valence-corrected chi connectivity index (χ1v) is 11.8. The number of hydrogen-bond donors (Lipinski definition) is 4. The second-order valence-corrected chi connectivity index (χ2v) is 9.53. The lowest BCUT2D eigenvalue weighted by Crippen LogP contribution is -2.42. The molecular formula is C26H30FN5O3. The van der Waals surface area contributed by atoms with Crippen LogP contribution in [0.2, 0.25) is 0 Å². The van der Waals surface area contributed by atoms with E-state index in [9.17, 15) is 14.3 Å². The van der Waals surface area contributed by atoms with Crippen LogP contribution in [0.4, 0.5) is 4.39 Å². The quantitative estimate of drug-likeness (QED) is 0.489. The summed E-state index contributed by atoms with van der Waals surface area (Å²) in [6.45, 7) is 1.01. The molecule has 1 aromatic rings. The van der Waals surface area contributed by atoms with Crippen LogP contribution in [0.1, 0.15) is 29.5 Å². The van der Waals surface area contributed by atoms with Crippen LogP contribution in [0.5, 0.6) is 0 Å². The van der Waals surface area contributed by atoms with Gasteiger partial charge in [0.2, 0.25) is 5.91 Å². The summed E-state index contributed by atoms with van der Waals surface area (Å²) in [6, 6.07) is 3.11. The third-order valence-corrected chi connectivity index (χ3v) is 6.88. The minimum atomic E-state index is -0.936. The number of nitrogens with one attached hydrogen (secondary N) is 2. The number of aliphatic hydroxyl groups excluding tert-OH is 2. The molecule has 0 bridgehead atoms. The van der Waals surface area contributed by atoms with Crippen LogP contribution < -0.4 is 10.7 Å². The zero-order chi connectivity index (χ0) is 24.7. The first-order valence-electron chi connectivity index (χ1n) is 11.8. The summed E-state index contributed by atoms with van der Waals surface area (Å²) in [5.41, 5.74) is 10.7. The van der Waals surface area contributed by atoms with Gasteiger partial charge in [-0.05, 0) is 41.3 Å². The fourth-order valence-corrected chi connectivity index (χ4v) is 5.06. The Bertz CT molecular complexity index is 1220. The number of rotatable bonds is 6. The summed E-state index contributed by atoms with van der Waals surface area (Å²) >= 11 is 0. The number of likely N-dealkylation sites (N-methyl/N-ethyl adjacent to an activating group) is 2. The van der Waals surface area contributed by atoms with E-state index in [4.69, 9.17) is 5.11 Å². The lowest BCUT2D eigenvalue weighted by atomic mass is 9.88. The number of hydrazone groups is 1. The highest BCUT2D eigenvalue weighted by atomic mass is 19.1. The Morgan fingerprint density at radius 3 is 2.94 bits per heavy atom. The molecule has 184 valence electrons. The lowest BCUT2D eigenvalue weighted by molar-refractivity contribution is -0.132. The molecule has 2 unspecified atom stereocenters. The highest BCUT2D eigenvalue weighted by Gasteiger charge is 2.31. The standard InChI is InChI=1S/C26H30FN5O3/c1-31-12-21(16-3-5-18(28-10-16)9-24(35)32(2)11-19(34)14-33)26-22(13-31)20-8-17(27)7-15-4-6-23(25(15)20)29-30-26/h3-4,6-8,13,18-19,28,30,33-34H,5,9-12,14H2,1-2H3. The Hall–Kier alpha value is -3.27. The van der Waals surface area contributed by atoms with Gasteiger partial charge in [0.25, 0.3) is 0 Å². The van der Waals surface area contributed by atoms with Crippen molar-refractivity contribution in [1.82, 2.24) is 20.5 Å². The van der Waals surface area contributed by atoms with E-state index in [0.29, 0.717) is 25.9 Å².